The van der Waals surface area contributed by atoms with Crippen LogP contribution in [0.2, 0.25) is 5.28 Å². The van der Waals surface area contributed by atoms with Gasteiger partial charge in [0.15, 0.2) is 0 Å². The van der Waals surface area contributed by atoms with Crippen LogP contribution in [-0.2, 0) is 11.3 Å². The molecule has 17 heavy (non-hydrogen) atoms. The van der Waals surface area contributed by atoms with Crippen molar-refractivity contribution < 1.29 is 14.3 Å². The van der Waals surface area contributed by atoms with Gasteiger partial charge in [-0.3, -0.25) is 14.2 Å². The zero-order valence-electron chi connectivity index (χ0n) is 8.35. The zero-order chi connectivity index (χ0) is 12.6. The molecule has 1 N–H and O–H groups in total. The minimum absolute atomic E-state index is 0.00403. The fraction of sp³-hybridized carbons (Fsp3) is 0.100. The predicted molar refractivity (Wildman–Crippen MR) is 58.6 cm³/mol. The van der Waals surface area contributed by atoms with Gasteiger partial charge in [0.2, 0.25) is 5.28 Å². The van der Waals surface area contributed by atoms with Crippen molar-refractivity contribution in [2.75, 3.05) is 0 Å². The van der Waals surface area contributed by atoms with E-state index in [0.717, 1.165) is 10.6 Å². The third-order valence-electron chi connectivity index (χ3n) is 2.18. The van der Waals surface area contributed by atoms with Crippen LogP contribution in [0.4, 0.5) is 4.39 Å². The monoisotopic (exact) mass is 256 g/mol. The average molecular weight is 257 g/mol. The van der Waals surface area contributed by atoms with E-state index in [-0.39, 0.29) is 16.2 Å². The fourth-order valence-electron chi connectivity index (χ4n) is 1.46. The number of carboxylic acid groups (broad SMARTS) is 1. The molecule has 2 rings (SSSR count). The van der Waals surface area contributed by atoms with Crippen molar-refractivity contribution in [3.8, 4) is 0 Å². The Hall–Kier alpha value is -1.95. The molecular weight excluding hydrogens is 251 g/mol. The molecule has 0 saturated heterocycles. The van der Waals surface area contributed by atoms with Crippen LogP contribution in [0.15, 0.2) is 23.0 Å². The van der Waals surface area contributed by atoms with E-state index in [1.54, 1.807) is 0 Å². The number of hydrogen-bond acceptors (Lipinski definition) is 3. The van der Waals surface area contributed by atoms with Crippen molar-refractivity contribution in [2.24, 2.45) is 0 Å². The van der Waals surface area contributed by atoms with E-state index in [9.17, 15) is 14.0 Å². The molecule has 7 heteroatoms. The molecule has 1 aromatic carbocycles. The van der Waals surface area contributed by atoms with Crippen LogP contribution in [0.25, 0.3) is 10.9 Å². The van der Waals surface area contributed by atoms with Crippen LogP contribution >= 0.6 is 11.6 Å². The van der Waals surface area contributed by atoms with Gasteiger partial charge in [-0.25, -0.2) is 9.37 Å². The second-order valence-electron chi connectivity index (χ2n) is 3.30. The van der Waals surface area contributed by atoms with Gasteiger partial charge in [0.1, 0.15) is 17.9 Å². The molecule has 5 nitrogen and oxygen atoms in total. The standard InChI is InChI=1S/C10H6ClFN2O3/c11-10-13-8-5(2-1-3-6(8)12)9(17)14(10)4-7(15)16/h1-3H,4H2,(H,15,16). The van der Waals surface area contributed by atoms with Gasteiger partial charge in [0.25, 0.3) is 5.56 Å². The highest BCUT2D eigenvalue weighted by molar-refractivity contribution is 6.28. The Morgan fingerprint density at radius 2 is 2.24 bits per heavy atom. The first-order valence-electron chi connectivity index (χ1n) is 4.57. The number of fused-ring (bicyclic) bond motifs is 1. The molecule has 0 aliphatic heterocycles. The molecule has 0 aliphatic carbocycles. The van der Waals surface area contributed by atoms with Crippen molar-refractivity contribution in [3.63, 3.8) is 0 Å². The molecule has 0 fully saturated rings. The highest BCUT2D eigenvalue weighted by Gasteiger charge is 2.13. The van der Waals surface area contributed by atoms with E-state index in [4.69, 9.17) is 16.7 Å². The van der Waals surface area contributed by atoms with E-state index < -0.39 is 23.9 Å². The third kappa shape index (κ3) is 1.99. The summed E-state index contributed by atoms with van der Waals surface area (Å²) in [5.74, 6) is -1.91. The lowest BCUT2D eigenvalue weighted by Gasteiger charge is -2.06. The first-order chi connectivity index (χ1) is 8.00. The number of carbonyl (C=O) groups is 1. The van der Waals surface area contributed by atoms with E-state index in [1.807, 2.05) is 0 Å². The molecule has 1 heterocycles. The van der Waals surface area contributed by atoms with Gasteiger partial charge in [0, 0.05) is 0 Å². The lowest BCUT2D eigenvalue weighted by molar-refractivity contribution is -0.137. The molecule has 0 amide bonds. The van der Waals surface area contributed by atoms with Crippen LogP contribution in [0.5, 0.6) is 0 Å². The second kappa shape index (κ2) is 4.14. The normalized spacial score (nSPS) is 10.7. The first kappa shape index (κ1) is 11.5. The number of rotatable bonds is 2. The highest BCUT2D eigenvalue weighted by Crippen LogP contribution is 2.14. The number of carboxylic acids is 1. The number of aliphatic carboxylic acids is 1. The minimum Gasteiger partial charge on any atom is -0.480 e. The summed E-state index contributed by atoms with van der Waals surface area (Å²) in [7, 11) is 0. The largest absolute Gasteiger partial charge is 0.480 e. The molecule has 1 aromatic heterocycles. The van der Waals surface area contributed by atoms with E-state index in [2.05, 4.69) is 4.98 Å². The van der Waals surface area contributed by atoms with Gasteiger partial charge in [-0.15, -0.1) is 0 Å². The molecule has 88 valence electrons. The SMILES string of the molecule is O=C(O)Cn1c(Cl)nc2c(F)cccc2c1=O. The number of hydrogen-bond donors (Lipinski definition) is 1. The lowest BCUT2D eigenvalue weighted by Crippen LogP contribution is -2.26. The fourth-order valence-corrected chi connectivity index (χ4v) is 1.68. The van der Waals surface area contributed by atoms with Crippen molar-refractivity contribution >= 4 is 28.5 Å². The predicted octanol–water partition coefficient (Wildman–Crippen LogP) is 1.27. The number of para-hydroxylation sites is 1. The highest BCUT2D eigenvalue weighted by atomic mass is 35.5. The number of nitrogens with zero attached hydrogens (tertiary/aromatic N) is 2. The van der Waals surface area contributed by atoms with Crippen molar-refractivity contribution in [1.29, 1.82) is 0 Å². The van der Waals surface area contributed by atoms with Crippen molar-refractivity contribution in [1.82, 2.24) is 9.55 Å². The lowest BCUT2D eigenvalue weighted by atomic mass is 10.2. The molecule has 0 bridgehead atoms. The quantitative estimate of drug-likeness (QED) is 0.822. The maximum absolute atomic E-state index is 13.4. The summed E-state index contributed by atoms with van der Waals surface area (Å²) < 4.78 is 14.1. The average Bonchev–Trinajstić information content (AvgIpc) is 2.26. The third-order valence-corrected chi connectivity index (χ3v) is 2.47. The van der Waals surface area contributed by atoms with Crippen LogP contribution in [0, 0.1) is 5.82 Å². The summed E-state index contributed by atoms with van der Waals surface area (Å²) in [5.41, 5.74) is -0.842. The summed E-state index contributed by atoms with van der Waals surface area (Å²) in [6.45, 7) is -0.614. The van der Waals surface area contributed by atoms with Crippen LogP contribution in [0.3, 0.4) is 0 Å². The van der Waals surface area contributed by atoms with Gasteiger partial charge in [-0.1, -0.05) is 6.07 Å². The second-order valence-corrected chi connectivity index (χ2v) is 3.64. The van der Waals surface area contributed by atoms with Crippen LogP contribution in [0.1, 0.15) is 0 Å². The summed E-state index contributed by atoms with van der Waals surface area (Å²) >= 11 is 5.65. The Kier molecular flexibility index (Phi) is 2.81. The number of benzene rings is 1. The maximum Gasteiger partial charge on any atom is 0.323 e. The van der Waals surface area contributed by atoms with Crippen molar-refractivity contribution in [3.05, 3.63) is 39.7 Å². The molecule has 0 atom stereocenters. The first-order valence-corrected chi connectivity index (χ1v) is 4.95. The Bertz CT molecular complexity index is 668. The zero-order valence-corrected chi connectivity index (χ0v) is 9.11. The smallest absolute Gasteiger partial charge is 0.323 e. The molecule has 2 aromatic rings. The number of aromatic nitrogens is 2. The molecule has 0 unspecified atom stereocenters. The Morgan fingerprint density at radius 3 is 2.88 bits per heavy atom. The van der Waals surface area contributed by atoms with Crippen LogP contribution in [-0.4, -0.2) is 20.6 Å². The van der Waals surface area contributed by atoms with Gasteiger partial charge < -0.3 is 5.11 Å². The summed E-state index contributed by atoms with van der Waals surface area (Å²) in [4.78, 5) is 26.1. The van der Waals surface area contributed by atoms with Crippen molar-refractivity contribution in [2.45, 2.75) is 6.54 Å². The molecule has 0 spiro atoms. The minimum atomic E-state index is -1.23. The summed E-state index contributed by atoms with van der Waals surface area (Å²) in [6, 6.07) is 3.86. The molecule has 0 saturated carbocycles. The van der Waals surface area contributed by atoms with Gasteiger partial charge in [-0.2, -0.15) is 0 Å². The maximum atomic E-state index is 13.4. The van der Waals surface area contributed by atoms with E-state index in [0.29, 0.717) is 0 Å². The Labute approximate surface area is 99.1 Å². The van der Waals surface area contributed by atoms with Gasteiger partial charge in [0.05, 0.1) is 5.39 Å². The number of halogens is 2. The van der Waals surface area contributed by atoms with Crippen LogP contribution < -0.4 is 5.56 Å². The Balaban J connectivity index is 2.81. The molecule has 0 radical (unpaired) electrons. The van der Waals surface area contributed by atoms with Gasteiger partial charge in [-0.05, 0) is 23.7 Å². The van der Waals surface area contributed by atoms with E-state index >= 15 is 0 Å². The Morgan fingerprint density at radius 1 is 1.53 bits per heavy atom. The summed E-state index contributed by atoms with van der Waals surface area (Å²) in [5, 5.41) is 8.27. The van der Waals surface area contributed by atoms with E-state index in [1.165, 1.54) is 12.1 Å². The summed E-state index contributed by atoms with van der Waals surface area (Å²) in [6.07, 6.45) is 0. The van der Waals surface area contributed by atoms with Gasteiger partial charge >= 0.3 is 5.97 Å². The molecule has 0 aliphatic rings. The molecular formula is C10H6ClFN2O3. The topological polar surface area (TPSA) is 72.2 Å².